The molecule has 2 amide bonds. The first-order valence-corrected chi connectivity index (χ1v) is 7.94. The first-order chi connectivity index (χ1) is 12.8. The largest absolute Gasteiger partial charge is 0.416 e. The molecule has 0 atom stereocenters. The van der Waals surface area contributed by atoms with E-state index in [1.54, 1.807) is 18.3 Å². The standard InChI is InChI=1S/C18H15F3N4O2/c1-10-11(4-2-5-12(10)18(19,20)21)8-24-16(26)17(27)25-14-9-23-13-6-3-7-22-15(13)14/h2-7,9,23H,8H2,1H3,(H,24,26)(H,25,27). The summed E-state index contributed by atoms with van der Waals surface area (Å²) < 4.78 is 38.8. The van der Waals surface area contributed by atoms with Crippen LogP contribution < -0.4 is 10.6 Å². The van der Waals surface area contributed by atoms with Crippen molar-refractivity contribution in [2.45, 2.75) is 19.6 Å². The lowest BCUT2D eigenvalue weighted by molar-refractivity contribution is -0.138. The minimum Gasteiger partial charge on any atom is -0.358 e. The van der Waals surface area contributed by atoms with Crippen molar-refractivity contribution < 1.29 is 22.8 Å². The summed E-state index contributed by atoms with van der Waals surface area (Å²) >= 11 is 0. The van der Waals surface area contributed by atoms with Crippen LogP contribution in [0, 0.1) is 6.92 Å². The third kappa shape index (κ3) is 3.91. The Balaban J connectivity index is 1.67. The molecule has 27 heavy (non-hydrogen) atoms. The Labute approximate surface area is 151 Å². The molecule has 9 heteroatoms. The smallest absolute Gasteiger partial charge is 0.358 e. The van der Waals surface area contributed by atoms with Crippen LogP contribution in [0.1, 0.15) is 16.7 Å². The minimum absolute atomic E-state index is 0.00605. The molecule has 2 aromatic heterocycles. The lowest BCUT2D eigenvalue weighted by Gasteiger charge is -2.14. The Morgan fingerprint density at radius 1 is 1.15 bits per heavy atom. The summed E-state index contributed by atoms with van der Waals surface area (Å²) in [4.78, 5) is 31.0. The van der Waals surface area contributed by atoms with Gasteiger partial charge in [0.15, 0.2) is 0 Å². The molecular weight excluding hydrogens is 361 g/mol. The first kappa shape index (κ1) is 18.4. The summed E-state index contributed by atoms with van der Waals surface area (Å²) in [5.74, 6) is -1.90. The van der Waals surface area contributed by atoms with Crippen molar-refractivity contribution in [1.29, 1.82) is 0 Å². The highest BCUT2D eigenvalue weighted by atomic mass is 19.4. The van der Waals surface area contributed by atoms with E-state index in [0.717, 1.165) is 6.07 Å². The second-order valence-electron chi connectivity index (χ2n) is 5.83. The van der Waals surface area contributed by atoms with Crippen LogP contribution in [0.4, 0.5) is 18.9 Å². The van der Waals surface area contributed by atoms with Gasteiger partial charge in [0.25, 0.3) is 0 Å². The number of aromatic nitrogens is 2. The van der Waals surface area contributed by atoms with Gasteiger partial charge in [-0.05, 0) is 36.2 Å². The molecule has 2 heterocycles. The lowest BCUT2D eigenvalue weighted by atomic mass is 10.0. The molecule has 0 aliphatic carbocycles. The second-order valence-corrected chi connectivity index (χ2v) is 5.83. The number of rotatable bonds is 3. The maximum absolute atomic E-state index is 12.9. The van der Waals surface area contributed by atoms with Gasteiger partial charge in [0.1, 0.15) is 5.52 Å². The molecule has 3 N–H and O–H groups in total. The van der Waals surface area contributed by atoms with E-state index in [-0.39, 0.29) is 17.7 Å². The number of aromatic amines is 1. The zero-order valence-electron chi connectivity index (χ0n) is 14.1. The molecule has 3 rings (SSSR count). The maximum Gasteiger partial charge on any atom is 0.416 e. The van der Waals surface area contributed by atoms with Gasteiger partial charge in [0, 0.05) is 18.9 Å². The van der Waals surface area contributed by atoms with Crippen LogP contribution in [0.25, 0.3) is 11.0 Å². The van der Waals surface area contributed by atoms with Crippen molar-refractivity contribution in [2.24, 2.45) is 0 Å². The second kappa shape index (κ2) is 7.10. The fourth-order valence-electron chi connectivity index (χ4n) is 2.67. The number of benzene rings is 1. The van der Waals surface area contributed by atoms with E-state index in [9.17, 15) is 22.8 Å². The summed E-state index contributed by atoms with van der Waals surface area (Å²) in [6.07, 6.45) is -1.44. The number of hydrogen-bond donors (Lipinski definition) is 3. The molecule has 0 spiro atoms. The Bertz CT molecular complexity index is 1010. The number of nitrogens with zero attached hydrogens (tertiary/aromatic N) is 1. The Kier molecular flexibility index (Phi) is 4.85. The number of halogens is 3. The van der Waals surface area contributed by atoms with Gasteiger partial charge in [-0.15, -0.1) is 0 Å². The van der Waals surface area contributed by atoms with Crippen LogP contribution in [0.5, 0.6) is 0 Å². The number of carbonyl (C=O) groups is 2. The van der Waals surface area contributed by atoms with Crippen molar-refractivity contribution in [3.63, 3.8) is 0 Å². The van der Waals surface area contributed by atoms with Crippen molar-refractivity contribution >= 4 is 28.5 Å². The van der Waals surface area contributed by atoms with Crippen LogP contribution in [0.15, 0.2) is 42.7 Å². The SMILES string of the molecule is Cc1c(CNC(=O)C(=O)Nc2c[nH]c3cccnc23)cccc1C(F)(F)F. The van der Waals surface area contributed by atoms with E-state index >= 15 is 0 Å². The molecule has 3 aromatic rings. The molecule has 0 fully saturated rings. The number of fused-ring (bicyclic) bond motifs is 1. The molecular formula is C18H15F3N4O2. The molecule has 0 unspecified atom stereocenters. The van der Waals surface area contributed by atoms with Crippen LogP contribution in [0.3, 0.4) is 0 Å². The number of carbonyl (C=O) groups excluding carboxylic acids is 2. The fraction of sp³-hybridized carbons (Fsp3) is 0.167. The predicted octanol–water partition coefficient (Wildman–Crippen LogP) is 3.15. The third-order valence-corrected chi connectivity index (χ3v) is 4.08. The average molecular weight is 376 g/mol. The monoisotopic (exact) mass is 376 g/mol. The number of hydrogen-bond acceptors (Lipinski definition) is 3. The molecule has 140 valence electrons. The Morgan fingerprint density at radius 3 is 2.67 bits per heavy atom. The van der Waals surface area contributed by atoms with Crippen molar-refractivity contribution in [1.82, 2.24) is 15.3 Å². The van der Waals surface area contributed by atoms with E-state index in [4.69, 9.17) is 0 Å². The molecule has 0 aliphatic rings. The van der Waals surface area contributed by atoms with E-state index in [2.05, 4.69) is 20.6 Å². The number of H-pyrrole nitrogens is 1. The summed E-state index contributed by atoms with van der Waals surface area (Å²) in [7, 11) is 0. The summed E-state index contributed by atoms with van der Waals surface area (Å²) in [6, 6.07) is 7.17. The van der Waals surface area contributed by atoms with E-state index in [1.807, 2.05) is 0 Å². The summed E-state index contributed by atoms with van der Waals surface area (Å²) in [5, 5.41) is 4.76. The first-order valence-electron chi connectivity index (χ1n) is 7.94. The molecule has 0 saturated carbocycles. The summed E-state index contributed by atoms with van der Waals surface area (Å²) in [6.45, 7) is 1.12. The highest BCUT2D eigenvalue weighted by Gasteiger charge is 2.32. The van der Waals surface area contributed by atoms with Crippen LogP contribution in [0.2, 0.25) is 0 Å². The van der Waals surface area contributed by atoms with E-state index in [0.29, 0.717) is 16.7 Å². The number of alkyl halides is 3. The predicted molar refractivity (Wildman–Crippen MR) is 92.8 cm³/mol. The quantitative estimate of drug-likeness (QED) is 0.614. The average Bonchev–Trinajstić information content (AvgIpc) is 3.02. The molecule has 0 saturated heterocycles. The van der Waals surface area contributed by atoms with Crippen molar-refractivity contribution in [3.8, 4) is 0 Å². The highest BCUT2D eigenvalue weighted by Crippen LogP contribution is 2.32. The van der Waals surface area contributed by atoms with Gasteiger partial charge in [0.2, 0.25) is 0 Å². The minimum atomic E-state index is -4.48. The zero-order valence-corrected chi connectivity index (χ0v) is 14.1. The van der Waals surface area contributed by atoms with Gasteiger partial charge in [-0.2, -0.15) is 13.2 Å². The van der Waals surface area contributed by atoms with Gasteiger partial charge in [-0.1, -0.05) is 12.1 Å². The number of amides is 2. The van der Waals surface area contributed by atoms with Crippen LogP contribution in [-0.4, -0.2) is 21.8 Å². The van der Waals surface area contributed by atoms with E-state index < -0.39 is 23.6 Å². The van der Waals surface area contributed by atoms with Crippen molar-refractivity contribution in [2.75, 3.05) is 5.32 Å². The lowest BCUT2D eigenvalue weighted by Crippen LogP contribution is -2.35. The molecule has 6 nitrogen and oxygen atoms in total. The van der Waals surface area contributed by atoms with Crippen LogP contribution in [-0.2, 0) is 22.3 Å². The third-order valence-electron chi connectivity index (χ3n) is 4.08. The molecule has 0 bridgehead atoms. The summed E-state index contributed by atoms with van der Waals surface area (Å²) in [5.41, 5.74) is 1.02. The number of anilines is 1. The molecule has 1 aromatic carbocycles. The van der Waals surface area contributed by atoms with Gasteiger partial charge in [-0.3, -0.25) is 14.6 Å². The Morgan fingerprint density at radius 2 is 1.93 bits per heavy atom. The normalized spacial score (nSPS) is 11.4. The van der Waals surface area contributed by atoms with Gasteiger partial charge in [-0.25, -0.2) is 0 Å². The zero-order chi connectivity index (χ0) is 19.6. The van der Waals surface area contributed by atoms with Gasteiger partial charge < -0.3 is 15.6 Å². The van der Waals surface area contributed by atoms with Crippen molar-refractivity contribution in [3.05, 3.63) is 59.4 Å². The van der Waals surface area contributed by atoms with Crippen LogP contribution >= 0.6 is 0 Å². The molecule has 0 radical (unpaired) electrons. The van der Waals surface area contributed by atoms with E-state index in [1.165, 1.54) is 25.3 Å². The number of nitrogens with one attached hydrogen (secondary N) is 3. The van der Waals surface area contributed by atoms with Gasteiger partial charge in [0.05, 0.1) is 16.8 Å². The highest BCUT2D eigenvalue weighted by molar-refractivity contribution is 6.40. The topological polar surface area (TPSA) is 86.9 Å². The Hall–Kier alpha value is -3.36. The van der Waals surface area contributed by atoms with Gasteiger partial charge >= 0.3 is 18.0 Å². The maximum atomic E-state index is 12.9. The fourth-order valence-corrected chi connectivity index (χ4v) is 2.67. The molecule has 0 aliphatic heterocycles. The number of pyridine rings is 1.